The monoisotopic (exact) mass is 406 g/mol. The quantitative estimate of drug-likeness (QED) is 0.512. The smallest absolute Gasteiger partial charge is 0.258 e. The third kappa shape index (κ3) is 3.13. The molecule has 5 rings (SSSR count). The minimum absolute atomic E-state index is 0.193. The normalized spacial score (nSPS) is 17.9. The molecule has 7 nitrogen and oxygen atoms in total. The molecule has 0 bridgehead atoms. The van der Waals surface area contributed by atoms with Crippen LogP contribution in [0, 0.1) is 12.7 Å². The molecular weight excluding hydrogens is 383 g/mol. The SMILES string of the molecule is Cc1cn2cc(-c3cc(=O)n4cc(N5CCN(C)[C@H](C)C5)ccc4n3)cc(F)c2n1. The molecule has 0 aromatic carbocycles. The number of imidazole rings is 1. The van der Waals surface area contributed by atoms with Crippen LogP contribution in [0.3, 0.4) is 0 Å². The fourth-order valence-electron chi connectivity index (χ4n) is 4.03. The molecule has 0 radical (unpaired) electrons. The van der Waals surface area contributed by atoms with Gasteiger partial charge in [-0.1, -0.05) is 0 Å². The number of rotatable bonds is 2. The Hall–Kier alpha value is -3.26. The summed E-state index contributed by atoms with van der Waals surface area (Å²) in [5.41, 5.74) is 3.30. The standard InChI is InChI=1S/C22H23FN6O/c1-14-10-28-12-16(8-18(23)22(28)24-14)19-9-21(30)29-13-17(4-5-20(29)25-19)27-7-6-26(3)15(2)11-27/h4-5,8-10,12-13,15H,6-7,11H2,1-3H3/t15-/m1/s1. The molecule has 0 N–H and O–H groups in total. The number of hydrogen-bond acceptors (Lipinski definition) is 5. The van der Waals surface area contributed by atoms with E-state index in [1.807, 2.05) is 25.3 Å². The van der Waals surface area contributed by atoms with E-state index in [1.54, 1.807) is 21.2 Å². The van der Waals surface area contributed by atoms with E-state index in [2.05, 4.69) is 33.7 Å². The molecule has 154 valence electrons. The number of anilines is 1. The van der Waals surface area contributed by atoms with Crippen molar-refractivity contribution in [2.24, 2.45) is 0 Å². The Balaban J connectivity index is 1.56. The summed E-state index contributed by atoms with van der Waals surface area (Å²) in [5, 5.41) is 0. The van der Waals surface area contributed by atoms with Crippen LogP contribution in [0.5, 0.6) is 0 Å². The summed E-state index contributed by atoms with van der Waals surface area (Å²) < 4.78 is 17.7. The second kappa shape index (κ2) is 6.91. The Morgan fingerprint density at radius 2 is 1.93 bits per heavy atom. The van der Waals surface area contributed by atoms with Gasteiger partial charge in [0, 0.05) is 55.9 Å². The lowest BCUT2D eigenvalue weighted by Gasteiger charge is -2.39. The lowest BCUT2D eigenvalue weighted by molar-refractivity contribution is 0.234. The average Bonchev–Trinajstić information content (AvgIpc) is 3.10. The zero-order valence-electron chi connectivity index (χ0n) is 17.2. The van der Waals surface area contributed by atoms with Gasteiger partial charge in [-0.15, -0.1) is 0 Å². The highest BCUT2D eigenvalue weighted by atomic mass is 19.1. The van der Waals surface area contributed by atoms with Gasteiger partial charge in [0.2, 0.25) is 0 Å². The predicted molar refractivity (Wildman–Crippen MR) is 115 cm³/mol. The molecule has 0 aliphatic carbocycles. The number of hydrogen-bond donors (Lipinski definition) is 0. The third-order valence-electron chi connectivity index (χ3n) is 5.89. The highest BCUT2D eigenvalue weighted by Gasteiger charge is 2.21. The first-order valence-corrected chi connectivity index (χ1v) is 10.0. The molecule has 1 fully saturated rings. The van der Waals surface area contributed by atoms with Crippen LogP contribution in [0.25, 0.3) is 22.6 Å². The van der Waals surface area contributed by atoms with E-state index in [4.69, 9.17) is 0 Å². The third-order valence-corrected chi connectivity index (χ3v) is 5.89. The van der Waals surface area contributed by atoms with Crippen molar-refractivity contribution in [1.29, 1.82) is 0 Å². The number of fused-ring (bicyclic) bond motifs is 2. The molecule has 1 aliphatic heterocycles. The van der Waals surface area contributed by atoms with Gasteiger partial charge in [0.25, 0.3) is 5.56 Å². The minimum atomic E-state index is -0.442. The zero-order chi connectivity index (χ0) is 21.0. The topological polar surface area (TPSA) is 58.2 Å². The molecule has 0 amide bonds. The van der Waals surface area contributed by atoms with Crippen LogP contribution in [0.4, 0.5) is 10.1 Å². The molecule has 1 saturated heterocycles. The van der Waals surface area contributed by atoms with Gasteiger partial charge in [0.1, 0.15) is 5.65 Å². The maximum Gasteiger partial charge on any atom is 0.258 e. The Bertz CT molecular complexity index is 1330. The molecule has 1 aliphatic rings. The van der Waals surface area contributed by atoms with Gasteiger partial charge >= 0.3 is 0 Å². The summed E-state index contributed by atoms with van der Waals surface area (Å²) in [6, 6.07) is 7.11. The Labute approximate surface area is 173 Å². The van der Waals surface area contributed by atoms with E-state index < -0.39 is 5.82 Å². The molecule has 0 saturated carbocycles. The fraction of sp³-hybridized carbons (Fsp3) is 0.318. The Morgan fingerprint density at radius 3 is 2.73 bits per heavy atom. The minimum Gasteiger partial charge on any atom is -0.367 e. The largest absolute Gasteiger partial charge is 0.367 e. The zero-order valence-corrected chi connectivity index (χ0v) is 17.2. The fourth-order valence-corrected chi connectivity index (χ4v) is 4.03. The van der Waals surface area contributed by atoms with Crippen molar-refractivity contribution in [3.63, 3.8) is 0 Å². The number of halogens is 1. The van der Waals surface area contributed by atoms with E-state index in [0.29, 0.717) is 22.9 Å². The summed E-state index contributed by atoms with van der Waals surface area (Å²) in [6.45, 7) is 6.81. The predicted octanol–water partition coefficient (Wildman–Crippen LogP) is 2.60. The van der Waals surface area contributed by atoms with Crippen molar-refractivity contribution in [2.45, 2.75) is 19.9 Å². The lowest BCUT2D eigenvalue weighted by atomic mass is 10.2. The van der Waals surface area contributed by atoms with Crippen molar-refractivity contribution in [1.82, 2.24) is 23.7 Å². The summed E-state index contributed by atoms with van der Waals surface area (Å²) in [6.07, 6.45) is 5.34. The van der Waals surface area contributed by atoms with E-state index in [1.165, 1.54) is 12.1 Å². The van der Waals surface area contributed by atoms with E-state index in [-0.39, 0.29) is 11.2 Å². The molecular formula is C22H23FN6O. The summed E-state index contributed by atoms with van der Waals surface area (Å²) in [5.74, 6) is -0.442. The molecule has 5 heterocycles. The second-order valence-electron chi connectivity index (χ2n) is 8.06. The number of piperazine rings is 1. The van der Waals surface area contributed by atoms with Crippen LogP contribution in [-0.2, 0) is 0 Å². The van der Waals surface area contributed by atoms with E-state index in [0.717, 1.165) is 31.0 Å². The highest BCUT2D eigenvalue weighted by molar-refractivity contribution is 5.64. The van der Waals surface area contributed by atoms with Crippen molar-refractivity contribution < 1.29 is 4.39 Å². The maximum absolute atomic E-state index is 14.5. The first kappa shape index (κ1) is 18.7. The van der Waals surface area contributed by atoms with Crippen LogP contribution in [0.2, 0.25) is 0 Å². The molecule has 4 aromatic rings. The second-order valence-corrected chi connectivity index (χ2v) is 8.06. The van der Waals surface area contributed by atoms with Crippen molar-refractivity contribution >= 4 is 17.0 Å². The van der Waals surface area contributed by atoms with Gasteiger partial charge in [-0.05, 0) is 39.1 Å². The van der Waals surface area contributed by atoms with Gasteiger partial charge in [-0.2, -0.15) is 0 Å². The van der Waals surface area contributed by atoms with E-state index in [9.17, 15) is 9.18 Å². The molecule has 0 spiro atoms. The van der Waals surface area contributed by atoms with Gasteiger partial charge < -0.3 is 14.2 Å². The van der Waals surface area contributed by atoms with Crippen LogP contribution < -0.4 is 10.5 Å². The Morgan fingerprint density at radius 1 is 1.10 bits per heavy atom. The average molecular weight is 406 g/mol. The number of aromatic nitrogens is 4. The van der Waals surface area contributed by atoms with Crippen molar-refractivity contribution in [2.75, 3.05) is 31.6 Å². The molecule has 1 atom stereocenters. The van der Waals surface area contributed by atoms with Gasteiger partial charge in [0.05, 0.1) is 17.1 Å². The number of nitrogens with zero attached hydrogens (tertiary/aromatic N) is 6. The molecule has 0 unspecified atom stereocenters. The number of aryl methyl sites for hydroxylation is 1. The van der Waals surface area contributed by atoms with Crippen LogP contribution in [-0.4, -0.2) is 56.4 Å². The first-order valence-electron chi connectivity index (χ1n) is 10.0. The van der Waals surface area contributed by atoms with Gasteiger partial charge in [0.15, 0.2) is 11.5 Å². The van der Waals surface area contributed by atoms with E-state index >= 15 is 0 Å². The molecule has 8 heteroatoms. The summed E-state index contributed by atoms with van der Waals surface area (Å²) in [7, 11) is 2.13. The maximum atomic E-state index is 14.5. The summed E-state index contributed by atoms with van der Waals surface area (Å²) in [4.78, 5) is 26.3. The van der Waals surface area contributed by atoms with Crippen molar-refractivity contribution in [3.8, 4) is 11.3 Å². The molecule has 30 heavy (non-hydrogen) atoms. The van der Waals surface area contributed by atoms with Gasteiger partial charge in [-0.25, -0.2) is 14.4 Å². The molecule has 4 aromatic heterocycles. The highest BCUT2D eigenvalue weighted by Crippen LogP contribution is 2.22. The Kier molecular flexibility index (Phi) is 4.32. The lowest BCUT2D eigenvalue weighted by Crippen LogP contribution is -2.50. The van der Waals surface area contributed by atoms with Crippen molar-refractivity contribution in [3.05, 3.63) is 64.7 Å². The number of likely N-dealkylation sites (N-methyl/N-ethyl adjacent to an activating group) is 1. The van der Waals surface area contributed by atoms with Crippen LogP contribution in [0.1, 0.15) is 12.6 Å². The van der Waals surface area contributed by atoms with Gasteiger partial charge in [-0.3, -0.25) is 9.20 Å². The number of pyridine rings is 2. The first-order chi connectivity index (χ1) is 14.4. The van der Waals surface area contributed by atoms with Crippen LogP contribution >= 0.6 is 0 Å². The summed E-state index contributed by atoms with van der Waals surface area (Å²) >= 11 is 0. The van der Waals surface area contributed by atoms with Crippen LogP contribution in [0.15, 0.2) is 47.7 Å².